The standard InChI is InChI=1S/C16H20F3NO/c1-12(21)20-9-3-5-14(11-20)8-7-13-4-2-6-15(10-13)16(17,18)19/h2,4,6,10,14H,3,5,7-9,11H2,1H3/t14-/m1/s1. The zero-order valence-corrected chi connectivity index (χ0v) is 12.1. The fraction of sp³-hybridized carbons (Fsp3) is 0.562. The van der Waals surface area contributed by atoms with E-state index in [0.717, 1.165) is 38.4 Å². The number of aryl methyl sites for hydroxylation is 1. The Morgan fingerprint density at radius 1 is 1.38 bits per heavy atom. The van der Waals surface area contributed by atoms with Crippen LogP contribution in [0.25, 0.3) is 0 Å². The van der Waals surface area contributed by atoms with Crippen LogP contribution >= 0.6 is 0 Å². The monoisotopic (exact) mass is 299 g/mol. The van der Waals surface area contributed by atoms with Gasteiger partial charge in [0.25, 0.3) is 0 Å². The minimum atomic E-state index is -4.29. The first-order valence-electron chi connectivity index (χ1n) is 7.28. The summed E-state index contributed by atoms with van der Waals surface area (Å²) in [7, 11) is 0. The van der Waals surface area contributed by atoms with Gasteiger partial charge in [0, 0.05) is 20.0 Å². The highest BCUT2D eigenvalue weighted by molar-refractivity contribution is 5.73. The maximum Gasteiger partial charge on any atom is 0.416 e. The molecule has 0 aromatic heterocycles. The van der Waals surface area contributed by atoms with E-state index in [4.69, 9.17) is 0 Å². The second kappa shape index (κ2) is 6.50. The van der Waals surface area contributed by atoms with Crippen LogP contribution in [-0.2, 0) is 17.4 Å². The van der Waals surface area contributed by atoms with E-state index in [9.17, 15) is 18.0 Å². The van der Waals surface area contributed by atoms with Gasteiger partial charge < -0.3 is 4.90 Å². The lowest BCUT2D eigenvalue weighted by Crippen LogP contribution is -2.38. The van der Waals surface area contributed by atoms with Crippen LogP contribution in [0, 0.1) is 5.92 Å². The summed E-state index contributed by atoms with van der Waals surface area (Å²) < 4.78 is 38.0. The number of hydrogen-bond donors (Lipinski definition) is 0. The first-order valence-corrected chi connectivity index (χ1v) is 7.28. The van der Waals surface area contributed by atoms with E-state index in [2.05, 4.69) is 0 Å². The Balaban J connectivity index is 1.92. The van der Waals surface area contributed by atoms with Crippen molar-refractivity contribution in [2.24, 2.45) is 5.92 Å². The van der Waals surface area contributed by atoms with Crippen molar-refractivity contribution in [3.8, 4) is 0 Å². The van der Waals surface area contributed by atoms with Gasteiger partial charge in [-0.1, -0.05) is 18.2 Å². The number of hydrogen-bond acceptors (Lipinski definition) is 1. The molecule has 0 radical (unpaired) electrons. The van der Waals surface area contributed by atoms with Gasteiger partial charge in [0.1, 0.15) is 0 Å². The van der Waals surface area contributed by atoms with Crippen molar-refractivity contribution in [2.45, 2.75) is 38.8 Å². The third-order valence-corrected chi connectivity index (χ3v) is 4.06. The van der Waals surface area contributed by atoms with Gasteiger partial charge in [-0.05, 0) is 43.2 Å². The number of nitrogens with zero attached hydrogens (tertiary/aromatic N) is 1. The lowest BCUT2D eigenvalue weighted by molar-refractivity contribution is -0.137. The summed E-state index contributed by atoms with van der Waals surface area (Å²) in [5.41, 5.74) is 0.124. The summed E-state index contributed by atoms with van der Waals surface area (Å²) in [5, 5.41) is 0. The average molecular weight is 299 g/mol. The highest BCUT2D eigenvalue weighted by Gasteiger charge is 2.30. The molecule has 0 unspecified atom stereocenters. The molecule has 1 heterocycles. The summed E-state index contributed by atoms with van der Waals surface area (Å²) in [4.78, 5) is 13.2. The Labute approximate surface area is 122 Å². The quantitative estimate of drug-likeness (QED) is 0.829. The summed E-state index contributed by atoms with van der Waals surface area (Å²) >= 11 is 0. The summed E-state index contributed by atoms with van der Waals surface area (Å²) in [6.45, 7) is 3.10. The molecular weight excluding hydrogens is 279 g/mol. The third kappa shape index (κ3) is 4.48. The molecule has 1 aliphatic rings. The van der Waals surface area contributed by atoms with E-state index in [-0.39, 0.29) is 5.91 Å². The molecule has 5 heteroatoms. The normalized spacial score (nSPS) is 19.6. The minimum Gasteiger partial charge on any atom is -0.343 e. The van der Waals surface area contributed by atoms with Crippen molar-refractivity contribution in [2.75, 3.05) is 13.1 Å². The van der Waals surface area contributed by atoms with E-state index in [1.54, 1.807) is 13.0 Å². The SMILES string of the molecule is CC(=O)N1CCC[C@H](CCc2cccc(C(F)(F)F)c2)C1. The fourth-order valence-corrected chi connectivity index (χ4v) is 2.86. The van der Waals surface area contributed by atoms with E-state index in [0.29, 0.717) is 17.9 Å². The molecule has 1 fully saturated rings. The van der Waals surface area contributed by atoms with Crippen LogP contribution in [0.3, 0.4) is 0 Å². The lowest BCUT2D eigenvalue weighted by atomic mass is 9.91. The predicted molar refractivity (Wildman–Crippen MR) is 74.7 cm³/mol. The maximum absolute atomic E-state index is 12.7. The third-order valence-electron chi connectivity index (χ3n) is 4.06. The molecule has 0 spiro atoms. The highest BCUT2D eigenvalue weighted by atomic mass is 19.4. The number of alkyl halides is 3. The number of likely N-dealkylation sites (tertiary alicyclic amines) is 1. The van der Waals surface area contributed by atoms with E-state index >= 15 is 0 Å². The topological polar surface area (TPSA) is 20.3 Å². The van der Waals surface area contributed by atoms with Crippen LogP contribution < -0.4 is 0 Å². The molecule has 1 aromatic carbocycles. The Morgan fingerprint density at radius 2 is 2.14 bits per heavy atom. The number of rotatable bonds is 3. The molecule has 1 aliphatic heterocycles. The molecule has 2 rings (SSSR count). The van der Waals surface area contributed by atoms with E-state index in [1.807, 2.05) is 4.90 Å². The van der Waals surface area contributed by atoms with Crippen molar-refractivity contribution in [1.29, 1.82) is 0 Å². The molecule has 0 saturated carbocycles. The minimum absolute atomic E-state index is 0.0822. The van der Waals surface area contributed by atoms with Crippen molar-refractivity contribution < 1.29 is 18.0 Å². The van der Waals surface area contributed by atoms with Crippen molar-refractivity contribution >= 4 is 5.91 Å². The molecular formula is C16H20F3NO. The second-order valence-electron chi connectivity index (χ2n) is 5.71. The van der Waals surface area contributed by atoms with Crippen LogP contribution in [0.15, 0.2) is 24.3 Å². The molecule has 0 bridgehead atoms. The molecule has 0 N–H and O–H groups in total. The Morgan fingerprint density at radius 3 is 2.81 bits per heavy atom. The van der Waals surface area contributed by atoms with Gasteiger partial charge in [0.15, 0.2) is 0 Å². The van der Waals surface area contributed by atoms with Gasteiger partial charge >= 0.3 is 6.18 Å². The van der Waals surface area contributed by atoms with Gasteiger partial charge in [0.05, 0.1) is 5.56 Å². The van der Waals surface area contributed by atoms with Gasteiger partial charge in [-0.2, -0.15) is 13.2 Å². The van der Waals surface area contributed by atoms with Gasteiger partial charge in [-0.3, -0.25) is 4.79 Å². The van der Waals surface area contributed by atoms with Crippen LogP contribution in [0.1, 0.15) is 37.3 Å². The van der Waals surface area contributed by atoms with E-state index < -0.39 is 11.7 Å². The van der Waals surface area contributed by atoms with Gasteiger partial charge in [-0.15, -0.1) is 0 Å². The summed E-state index contributed by atoms with van der Waals surface area (Å²) in [6, 6.07) is 5.52. The second-order valence-corrected chi connectivity index (χ2v) is 5.71. The molecule has 1 aromatic rings. The largest absolute Gasteiger partial charge is 0.416 e. The Hall–Kier alpha value is -1.52. The zero-order valence-electron chi connectivity index (χ0n) is 12.1. The summed E-state index contributed by atoms with van der Waals surface area (Å²) in [6.07, 6.45) is -0.812. The van der Waals surface area contributed by atoms with Crippen LogP contribution in [0.2, 0.25) is 0 Å². The van der Waals surface area contributed by atoms with Crippen molar-refractivity contribution in [1.82, 2.24) is 4.90 Å². The van der Waals surface area contributed by atoms with Gasteiger partial charge in [-0.25, -0.2) is 0 Å². The highest BCUT2D eigenvalue weighted by Crippen LogP contribution is 2.30. The molecule has 1 saturated heterocycles. The first kappa shape index (κ1) is 15.9. The van der Waals surface area contributed by atoms with Crippen molar-refractivity contribution in [3.63, 3.8) is 0 Å². The van der Waals surface area contributed by atoms with E-state index in [1.165, 1.54) is 12.1 Å². The lowest BCUT2D eigenvalue weighted by Gasteiger charge is -2.32. The van der Waals surface area contributed by atoms with Crippen LogP contribution in [0.5, 0.6) is 0 Å². The van der Waals surface area contributed by atoms with Crippen LogP contribution in [0.4, 0.5) is 13.2 Å². The summed E-state index contributed by atoms with van der Waals surface area (Å²) in [5.74, 6) is 0.468. The predicted octanol–water partition coefficient (Wildman–Crippen LogP) is 3.90. The van der Waals surface area contributed by atoms with Gasteiger partial charge in [0.2, 0.25) is 5.91 Å². The number of amides is 1. The number of halogens is 3. The first-order chi connectivity index (χ1) is 9.86. The molecule has 2 nitrogen and oxygen atoms in total. The average Bonchev–Trinajstić information content (AvgIpc) is 2.45. The number of carbonyl (C=O) groups is 1. The maximum atomic E-state index is 12.7. The molecule has 116 valence electrons. The molecule has 21 heavy (non-hydrogen) atoms. The fourth-order valence-electron chi connectivity index (χ4n) is 2.86. The van der Waals surface area contributed by atoms with Crippen molar-refractivity contribution in [3.05, 3.63) is 35.4 Å². The Bertz CT molecular complexity index is 499. The number of piperidine rings is 1. The molecule has 1 atom stereocenters. The smallest absolute Gasteiger partial charge is 0.343 e. The molecule has 0 aliphatic carbocycles. The van der Waals surface area contributed by atoms with Crippen LogP contribution in [-0.4, -0.2) is 23.9 Å². The molecule has 1 amide bonds. The zero-order chi connectivity index (χ0) is 15.5. The Kier molecular flexibility index (Phi) is 4.91. The number of benzene rings is 1. The number of carbonyl (C=O) groups excluding carboxylic acids is 1.